The van der Waals surface area contributed by atoms with Gasteiger partial charge in [0, 0.05) is 19.2 Å². The van der Waals surface area contributed by atoms with Crippen LogP contribution in [0.1, 0.15) is 12.0 Å². The van der Waals surface area contributed by atoms with Crippen LogP contribution in [0.4, 0.5) is 0 Å². The molecule has 0 aliphatic heterocycles. The van der Waals surface area contributed by atoms with Crippen molar-refractivity contribution in [2.45, 2.75) is 11.3 Å². The maximum absolute atomic E-state index is 12.3. The Hall–Kier alpha value is -1.22. The molecule has 0 bridgehead atoms. The Balaban J connectivity index is 3.00. The third-order valence-electron chi connectivity index (χ3n) is 2.77. The average Bonchev–Trinajstić information content (AvgIpc) is 2.43. The number of thiocarbonyl (C=S) groups is 1. The molecule has 0 amide bonds. The normalized spacial score (nSPS) is 11.4. The summed E-state index contributed by atoms with van der Waals surface area (Å²) in [4.78, 5) is 11.1. The molecule has 0 aliphatic carbocycles. The van der Waals surface area contributed by atoms with Gasteiger partial charge in [-0.25, -0.2) is 12.7 Å². The quantitative estimate of drug-likeness (QED) is 0.611. The highest BCUT2D eigenvalue weighted by Gasteiger charge is 2.22. The first-order valence-corrected chi connectivity index (χ1v) is 8.05. The van der Waals surface area contributed by atoms with Crippen LogP contribution in [-0.2, 0) is 19.6 Å². The third kappa shape index (κ3) is 4.37. The van der Waals surface area contributed by atoms with Gasteiger partial charge in [-0.15, -0.1) is 0 Å². The molecule has 21 heavy (non-hydrogen) atoms. The fourth-order valence-corrected chi connectivity index (χ4v) is 3.29. The van der Waals surface area contributed by atoms with Gasteiger partial charge in [0.2, 0.25) is 10.0 Å². The zero-order valence-electron chi connectivity index (χ0n) is 11.5. The van der Waals surface area contributed by atoms with Crippen molar-refractivity contribution in [3.05, 3.63) is 28.8 Å². The van der Waals surface area contributed by atoms with E-state index in [1.165, 1.54) is 32.4 Å². The first kappa shape index (κ1) is 17.8. The predicted octanol–water partition coefficient (Wildman–Crippen LogP) is 1.16. The Morgan fingerprint density at radius 1 is 1.48 bits per heavy atom. The molecule has 0 heterocycles. The molecule has 0 spiro atoms. The summed E-state index contributed by atoms with van der Waals surface area (Å²) in [7, 11) is -1.14. The van der Waals surface area contributed by atoms with Gasteiger partial charge in [0.25, 0.3) is 0 Å². The van der Waals surface area contributed by atoms with Gasteiger partial charge in [-0.2, -0.15) is 0 Å². The summed E-state index contributed by atoms with van der Waals surface area (Å²) in [6.45, 7) is 0.00365. The molecule has 0 unspecified atom stereocenters. The van der Waals surface area contributed by atoms with Crippen molar-refractivity contribution in [2.24, 2.45) is 5.73 Å². The van der Waals surface area contributed by atoms with Gasteiger partial charge >= 0.3 is 5.97 Å². The number of carbonyl (C=O) groups excluding carboxylic acids is 1. The Morgan fingerprint density at radius 2 is 2.10 bits per heavy atom. The Morgan fingerprint density at radius 3 is 2.57 bits per heavy atom. The Labute approximate surface area is 133 Å². The van der Waals surface area contributed by atoms with Gasteiger partial charge in [0.15, 0.2) is 0 Å². The van der Waals surface area contributed by atoms with E-state index in [2.05, 4.69) is 4.74 Å². The van der Waals surface area contributed by atoms with Gasteiger partial charge in [0.05, 0.1) is 23.4 Å². The molecule has 9 heteroatoms. The highest BCUT2D eigenvalue weighted by atomic mass is 35.5. The van der Waals surface area contributed by atoms with Crippen LogP contribution < -0.4 is 5.73 Å². The lowest BCUT2D eigenvalue weighted by molar-refractivity contribution is -0.140. The Kier molecular flexibility index (Phi) is 6.09. The fourth-order valence-electron chi connectivity index (χ4n) is 1.51. The second-order valence-corrected chi connectivity index (χ2v) is 7.05. The van der Waals surface area contributed by atoms with E-state index in [9.17, 15) is 13.2 Å². The van der Waals surface area contributed by atoms with Crippen molar-refractivity contribution < 1.29 is 17.9 Å². The van der Waals surface area contributed by atoms with Crippen LogP contribution in [0.5, 0.6) is 0 Å². The third-order valence-corrected chi connectivity index (χ3v) is 5.16. The molecule has 0 aromatic heterocycles. The maximum Gasteiger partial charge on any atom is 0.306 e. The van der Waals surface area contributed by atoms with E-state index < -0.39 is 16.0 Å². The summed E-state index contributed by atoms with van der Waals surface area (Å²) in [6, 6.07) is 4.09. The summed E-state index contributed by atoms with van der Waals surface area (Å²) in [6.07, 6.45) is -0.0368. The number of hydrogen-bond donors (Lipinski definition) is 1. The molecular weight excluding hydrogens is 336 g/mol. The number of hydrogen-bond acceptors (Lipinski definition) is 5. The van der Waals surface area contributed by atoms with E-state index >= 15 is 0 Å². The maximum atomic E-state index is 12.3. The number of halogens is 1. The number of carbonyl (C=O) groups is 1. The minimum absolute atomic E-state index is 0.000124. The predicted molar refractivity (Wildman–Crippen MR) is 83.8 cm³/mol. The second-order valence-electron chi connectivity index (χ2n) is 4.16. The first-order valence-electron chi connectivity index (χ1n) is 5.82. The largest absolute Gasteiger partial charge is 0.469 e. The van der Waals surface area contributed by atoms with Crippen LogP contribution >= 0.6 is 23.8 Å². The molecule has 0 radical (unpaired) electrons. The van der Waals surface area contributed by atoms with E-state index in [-0.39, 0.29) is 27.9 Å². The number of ether oxygens (including phenoxy) is 1. The topological polar surface area (TPSA) is 89.7 Å². The lowest BCUT2D eigenvalue weighted by Gasteiger charge is -2.17. The van der Waals surface area contributed by atoms with Crippen molar-refractivity contribution in [2.75, 3.05) is 20.7 Å². The molecule has 0 aliphatic rings. The number of rotatable bonds is 6. The lowest BCUT2D eigenvalue weighted by atomic mass is 10.2. The Bertz CT molecular complexity index is 661. The number of benzene rings is 1. The minimum atomic E-state index is -3.75. The molecule has 0 saturated carbocycles. The van der Waals surface area contributed by atoms with Gasteiger partial charge in [-0.1, -0.05) is 23.8 Å². The van der Waals surface area contributed by atoms with Crippen molar-refractivity contribution in [1.82, 2.24) is 4.31 Å². The summed E-state index contributed by atoms with van der Waals surface area (Å²) in [5.74, 6) is -0.487. The van der Waals surface area contributed by atoms with Gasteiger partial charge in [-0.3, -0.25) is 4.79 Å². The average molecular weight is 351 g/mol. The van der Waals surface area contributed by atoms with Crippen molar-refractivity contribution in [3.63, 3.8) is 0 Å². The molecule has 1 aromatic rings. The van der Waals surface area contributed by atoms with Crippen LogP contribution in [0.3, 0.4) is 0 Å². The standard InChI is InChI=1S/C12H15ClN2O4S2/c1-15(6-5-11(16)19-2)21(17,18)8-3-4-9(12(14)20)10(13)7-8/h3-4,7H,5-6H2,1-2H3,(H2,14,20). The summed E-state index contributed by atoms with van der Waals surface area (Å²) >= 11 is 10.8. The highest BCUT2D eigenvalue weighted by Crippen LogP contribution is 2.23. The molecule has 116 valence electrons. The SMILES string of the molecule is COC(=O)CCN(C)S(=O)(=O)c1ccc(C(N)=S)c(Cl)c1. The molecule has 2 N–H and O–H groups in total. The van der Waals surface area contributed by atoms with Crippen molar-refractivity contribution >= 4 is 44.8 Å². The smallest absolute Gasteiger partial charge is 0.306 e. The molecule has 1 aromatic carbocycles. The van der Waals surface area contributed by atoms with E-state index in [1.807, 2.05) is 0 Å². The van der Waals surface area contributed by atoms with E-state index in [1.54, 1.807) is 0 Å². The van der Waals surface area contributed by atoms with Crippen LogP contribution in [0.2, 0.25) is 5.02 Å². The number of sulfonamides is 1. The zero-order valence-corrected chi connectivity index (χ0v) is 13.9. The number of nitrogens with zero attached hydrogens (tertiary/aromatic N) is 1. The molecule has 0 fully saturated rings. The highest BCUT2D eigenvalue weighted by molar-refractivity contribution is 7.89. The molecule has 0 atom stereocenters. The van der Waals surface area contributed by atoms with Crippen LogP contribution in [0, 0.1) is 0 Å². The van der Waals surface area contributed by atoms with E-state index in [0.29, 0.717) is 5.56 Å². The number of nitrogens with two attached hydrogens (primary N) is 1. The first-order chi connectivity index (χ1) is 9.70. The summed E-state index contributed by atoms with van der Waals surface area (Å²) < 4.78 is 30.2. The summed E-state index contributed by atoms with van der Waals surface area (Å²) in [5, 5.41) is 0.157. The van der Waals surface area contributed by atoms with E-state index in [4.69, 9.17) is 29.6 Å². The minimum Gasteiger partial charge on any atom is -0.469 e. The van der Waals surface area contributed by atoms with Gasteiger partial charge in [0.1, 0.15) is 4.99 Å². The lowest BCUT2D eigenvalue weighted by Crippen LogP contribution is -2.29. The number of esters is 1. The molecule has 1 rings (SSSR count). The monoisotopic (exact) mass is 350 g/mol. The molecule has 0 saturated heterocycles. The van der Waals surface area contributed by atoms with Crippen LogP contribution in [0.25, 0.3) is 0 Å². The molecule has 6 nitrogen and oxygen atoms in total. The summed E-state index contributed by atoms with van der Waals surface area (Å²) in [5.41, 5.74) is 5.87. The van der Waals surface area contributed by atoms with Gasteiger partial charge in [-0.05, 0) is 18.2 Å². The molecular formula is C12H15ClN2O4S2. The second kappa shape index (κ2) is 7.17. The van der Waals surface area contributed by atoms with Crippen molar-refractivity contribution in [1.29, 1.82) is 0 Å². The van der Waals surface area contributed by atoms with Crippen molar-refractivity contribution in [3.8, 4) is 0 Å². The van der Waals surface area contributed by atoms with Crippen LogP contribution in [0.15, 0.2) is 23.1 Å². The van der Waals surface area contributed by atoms with Gasteiger partial charge < -0.3 is 10.5 Å². The van der Waals surface area contributed by atoms with Crippen LogP contribution in [-0.4, -0.2) is 44.4 Å². The van der Waals surface area contributed by atoms with E-state index in [0.717, 1.165) is 4.31 Å². The number of methoxy groups -OCH3 is 1. The zero-order chi connectivity index (χ0) is 16.2. The fraction of sp³-hybridized carbons (Fsp3) is 0.333.